The van der Waals surface area contributed by atoms with Crippen LogP contribution in [0.4, 0.5) is 10.1 Å². The summed E-state index contributed by atoms with van der Waals surface area (Å²) in [5, 5.41) is 18.1. The number of nitrogens with zero attached hydrogens (tertiary/aromatic N) is 1. The van der Waals surface area contributed by atoms with Gasteiger partial charge in [0.1, 0.15) is 6.04 Å². The molecule has 10 heteroatoms. The number of nitro groups is 1. The number of nitro benzene ring substituents is 1. The van der Waals surface area contributed by atoms with Crippen molar-refractivity contribution in [2.24, 2.45) is 0 Å². The summed E-state index contributed by atoms with van der Waals surface area (Å²) in [5.74, 6) is -2.89. The fourth-order valence-electron chi connectivity index (χ4n) is 2.47. The molecule has 1 atom stereocenters. The van der Waals surface area contributed by atoms with Gasteiger partial charge in [-0.15, -0.1) is 0 Å². The Balaban J connectivity index is 2.20. The molecule has 0 spiro atoms. The van der Waals surface area contributed by atoms with Crippen molar-refractivity contribution >= 4 is 23.4 Å². The average Bonchev–Trinajstić information content (AvgIpc) is 2.71. The Morgan fingerprint density at radius 1 is 1.14 bits per heavy atom. The minimum Gasteiger partial charge on any atom is -0.358 e. The lowest BCUT2D eigenvalue weighted by Gasteiger charge is -2.18. The molecule has 2 rings (SSSR count). The molecule has 0 saturated heterocycles. The number of benzene rings is 2. The highest BCUT2D eigenvalue weighted by Gasteiger charge is 2.24. The van der Waals surface area contributed by atoms with Gasteiger partial charge in [0.2, 0.25) is 17.6 Å². The molecular formula is C19H19FN4O5. The first-order chi connectivity index (χ1) is 13.8. The summed E-state index contributed by atoms with van der Waals surface area (Å²) < 4.78 is 13.5. The van der Waals surface area contributed by atoms with Gasteiger partial charge in [-0.2, -0.15) is 4.39 Å². The summed E-state index contributed by atoms with van der Waals surface area (Å²) in [7, 11) is 1.42. The third kappa shape index (κ3) is 6.09. The molecule has 0 radical (unpaired) electrons. The monoisotopic (exact) mass is 402 g/mol. The molecule has 0 aromatic heterocycles. The predicted molar refractivity (Wildman–Crippen MR) is 102 cm³/mol. The Morgan fingerprint density at radius 2 is 1.83 bits per heavy atom. The number of hydrogen-bond acceptors (Lipinski definition) is 5. The minimum atomic E-state index is -1.07. The van der Waals surface area contributed by atoms with Gasteiger partial charge in [-0.3, -0.25) is 24.5 Å². The number of carbonyl (C=O) groups is 3. The summed E-state index contributed by atoms with van der Waals surface area (Å²) >= 11 is 0. The molecule has 3 N–H and O–H groups in total. The maximum Gasteiger partial charge on any atom is 0.305 e. The first kappa shape index (κ1) is 21.5. The van der Waals surface area contributed by atoms with Crippen molar-refractivity contribution in [2.45, 2.75) is 12.5 Å². The molecule has 0 aliphatic heterocycles. The van der Waals surface area contributed by atoms with Crippen LogP contribution in [0.2, 0.25) is 0 Å². The van der Waals surface area contributed by atoms with E-state index in [0.717, 1.165) is 23.8 Å². The molecule has 2 aromatic rings. The van der Waals surface area contributed by atoms with E-state index in [9.17, 15) is 28.9 Å². The van der Waals surface area contributed by atoms with E-state index in [0.29, 0.717) is 0 Å². The highest BCUT2D eigenvalue weighted by atomic mass is 19.1. The molecule has 2 aromatic carbocycles. The van der Waals surface area contributed by atoms with Gasteiger partial charge in [-0.25, -0.2) is 0 Å². The van der Waals surface area contributed by atoms with Crippen LogP contribution in [-0.4, -0.2) is 42.3 Å². The van der Waals surface area contributed by atoms with Crippen LogP contribution in [0, 0.1) is 15.9 Å². The largest absolute Gasteiger partial charge is 0.358 e. The molecule has 29 heavy (non-hydrogen) atoms. The summed E-state index contributed by atoms with van der Waals surface area (Å²) in [4.78, 5) is 46.3. The second kappa shape index (κ2) is 9.93. The summed E-state index contributed by atoms with van der Waals surface area (Å²) in [6, 6.07) is 10.5. The van der Waals surface area contributed by atoms with Gasteiger partial charge in [0.15, 0.2) is 0 Å². The molecule has 152 valence electrons. The van der Waals surface area contributed by atoms with Crippen LogP contribution in [0.25, 0.3) is 0 Å². The van der Waals surface area contributed by atoms with Gasteiger partial charge in [0.25, 0.3) is 5.91 Å². The second-order valence-electron chi connectivity index (χ2n) is 6.03. The Labute approximate surface area is 165 Å². The zero-order valence-electron chi connectivity index (χ0n) is 15.5. The van der Waals surface area contributed by atoms with E-state index in [2.05, 4.69) is 16.0 Å². The fourth-order valence-corrected chi connectivity index (χ4v) is 2.47. The van der Waals surface area contributed by atoms with Gasteiger partial charge in [-0.05, 0) is 17.7 Å². The molecule has 0 aliphatic carbocycles. The number of likely N-dealkylation sites (N-methyl/N-ethyl adjacent to an activating group) is 1. The van der Waals surface area contributed by atoms with E-state index in [1.165, 1.54) is 7.05 Å². The third-order valence-electron chi connectivity index (χ3n) is 4.01. The van der Waals surface area contributed by atoms with Crippen molar-refractivity contribution in [1.29, 1.82) is 0 Å². The van der Waals surface area contributed by atoms with Crippen molar-refractivity contribution in [1.82, 2.24) is 16.0 Å². The van der Waals surface area contributed by atoms with Crippen LogP contribution in [0.3, 0.4) is 0 Å². The zero-order valence-corrected chi connectivity index (χ0v) is 15.5. The van der Waals surface area contributed by atoms with Crippen molar-refractivity contribution in [3.8, 4) is 0 Å². The molecule has 0 fully saturated rings. The molecule has 0 aliphatic rings. The molecule has 3 amide bonds. The van der Waals surface area contributed by atoms with Crippen LogP contribution in [0.1, 0.15) is 15.9 Å². The third-order valence-corrected chi connectivity index (χ3v) is 4.01. The maximum atomic E-state index is 13.5. The van der Waals surface area contributed by atoms with E-state index in [1.54, 1.807) is 30.3 Å². The van der Waals surface area contributed by atoms with Crippen molar-refractivity contribution in [3.05, 3.63) is 75.6 Å². The Morgan fingerprint density at radius 3 is 2.45 bits per heavy atom. The summed E-state index contributed by atoms with van der Waals surface area (Å²) in [6.07, 6.45) is 0.120. The second-order valence-corrected chi connectivity index (χ2v) is 6.03. The standard InChI is InChI=1S/C19H19FN4O5/c1-21-17(25)11-22-19(27)15(9-12-5-3-2-4-6-12)23-18(26)13-7-8-14(20)16(10-13)24(28)29/h2-8,10,15H,9,11H2,1H3,(H,21,25)(H,22,27)(H,23,26)/t15-/m0/s1. The highest BCUT2D eigenvalue weighted by Crippen LogP contribution is 2.18. The Kier molecular flexibility index (Phi) is 7.35. The van der Waals surface area contributed by atoms with E-state index in [4.69, 9.17) is 0 Å². The van der Waals surface area contributed by atoms with Crippen LogP contribution < -0.4 is 16.0 Å². The number of rotatable bonds is 8. The molecular weight excluding hydrogens is 383 g/mol. The normalized spacial score (nSPS) is 11.2. The van der Waals surface area contributed by atoms with Gasteiger partial charge in [0, 0.05) is 25.1 Å². The maximum absolute atomic E-state index is 13.5. The van der Waals surface area contributed by atoms with Crippen LogP contribution in [-0.2, 0) is 16.0 Å². The van der Waals surface area contributed by atoms with Gasteiger partial charge in [0.05, 0.1) is 11.5 Å². The van der Waals surface area contributed by atoms with Crippen LogP contribution in [0.15, 0.2) is 48.5 Å². The van der Waals surface area contributed by atoms with Crippen molar-refractivity contribution in [3.63, 3.8) is 0 Å². The fraction of sp³-hybridized carbons (Fsp3) is 0.211. The van der Waals surface area contributed by atoms with E-state index < -0.39 is 40.2 Å². The number of halogens is 1. The lowest BCUT2D eigenvalue weighted by molar-refractivity contribution is -0.387. The zero-order chi connectivity index (χ0) is 21.4. The highest BCUT2D eigenvalue weighted by molar-refractivity contribution is 5.98. The molecule has 0 saturated carbocycles. The van der Waals surface area contributed by atoms with Gasteiger partial charge >= 0.3 is 5.69 Å². The number of hydrogen-bond donors (Lipinski definition) is 3. The first-order valence-corrected chi connectivity index (χ1v) is 8.59. The number of carbonyl (C=O) groups excluding carboxylic acids is 3. The smallest absolute Gasteiger partial charge is 0.305 e. The molecule has 0 heterocycles. The van der Waals surface area contributed by atoms with E-state index in [-0.39, 0.29) is 18.5 Å². The van der Waals surface area contributed by atoms with Crippen molar-refractivity contribution < 1.29 is 23.7 Å². The SMILES string of the molecule is CNC(=O)CNC(=O)[C@H](Cc1ccccc1)NC(=O)c1ccc(F)c([N+](=O)[O-])c1. The van der Waals surface area contributed by atoms with Crippen LogP contribution in [0.5, 0.6) is 0 Å². The Bertz CT molecular complexity index is 920. The summed E-state index contributed by atoms with van der Waals surface area (Å²) in [6.45, 7) is -0.279. The van der Waals surface area contributed by atoms with Gasteiger partial charge in [-0.1, -0.05) is 30.3 Å². The predicted octanol–water partition coefficient (Wildman–Crippen LogP) is 0.937. The van der Waals surface area contributed by atoms with Crippen LogP contribution >= 0.6 is 0 Å². The molecule has 0 bridgehead atoms. The van der Waals surface area contributed by atoms with Gasteiger partial charge < -0.3 is 16.0 Å². The Hall–Kier alpha value is -3.82. The molecule has 9 nitrogen and oxygen atoms in total. The summed E-state index contributed by atoms with van der Waals surface area (Å²) in [5.41, 5.74) is -0.269. The number of amides is 3. The van der Waals surface area contributed by atoms with E-state index in [1.807, 2.05) is 0 Å². The quantitative estimate of drug-likeness (QED) is 0.447. The average molecular weight is 402 g/mol. The lowest BCUT2D eigenvalue weighted by atomic mass is 10.0. The minimum absolute atomic E-state index is 0.120. The number of nitrogens with one attached hydrogen (secondary N) is 3. The lowest BCUT2D eigenvalue weighted by Crippen LogP contribution is -2.49. The van der Waals surface area contributed by atoms with E-state index >= 15 is 0 Å². The topological polar surface area (TPSA) is 130 Å². The molecule has 0 unspecified atom stereocenters. The van der Waals surface area contributed by atoms with Crippen molar-refractivity contribution in [2.75, 3.05) is 13.6 Å². The first-order valence-electron chi connectivity index (χ1n) is 8.59.